The Hall–Kier alpha value is -0.900. The molecule has 14 heavy (non-hydrogen) atoms. The van der Waals surface area contributed by atoms with Gasteiger partial charge in [0.05, 0.1) is 13.2 Å². The second kappa shape index (κ2) is 6.54. The van der Waals surface area contributed by atoms with E-state index in [1.165, 1.54) is 14.0 Å². The number of ether oxygens (including phenoxy) is 1. The first kappa shape index (κ1) is 13.1. The fourth-order valence-electron chi connectivity index (χ4n) is 1.17. The Balaban J connectivity index is 3.97. The summed E-state index contributed by atoms with van der Waals surface area (Å²) in [5, 5.41) is 3.10. The Kier molecular flexibility index (Phi) is 6.12. The molecular formula is C10H19NO3. The highest BCUT2D eigenvalue weighted by Crippen LogP contribution is 2.01. The van der Waals surface area contributed by atoms with Crippen LogP contribution >= 0.6 is 0 Å². The topological polar surface area (TPSA) is 55.4 Å². The van der Waals surface area contributed by atoms with Crippen molar-refractivity contribution in [1.29, 1.82) is 0 Å². The van der Waals surface area contributed by atoms with E-state index in [9.17, 15) is 9.59 Å². The van der Waals surface area contributed by atoms with Crippen molar-refractivity contribution in [3.8, 4) is 0 Å². The molecule has 0 bridgehead atoms. The summed E-state index contributed by atoms with van der Waals surface area (Å²) in [4.78, 5) is 22.0. The molecule has 0 saturated heterocycles. The maximum Gasteiger partial charge on any atom is 0.305 e. The Labute approximate surface area is 85.0 Å². The van der Waals surface area contributed by atoms with Gasteiger partial charge in [-0.2, -0.15) is 0 Å². The molecule has 4 heteroatoms. The summed E-state index contributed by atoms with van der Waals surface area (Å²) in [5.41, 5.74) is 0. The largest absolute Gasteiger partial charge is 0.469 e. The molecule has 0 rings (SSSR count). The van der Waals surface area contributed by atoms with E-state index in [0.29, 0.717) is 6.42 Å². The van der Waals surface area contributed by atoms with E-state index >= 15 is 0 Å². The third-order valence-electron chi connectivity index (χ3n) is 1.89. The van der Waals surface area contributed by atoms with Crippen molar-refractivity contribution in [2.75, 3.05) is 7.11 Å². The van der Waals surface area contributed by atoms with E-state index in [4.69, 9.17) is 0 Å². The van der Waals surface area contributed by atoms with Crippen molar-refractivity contribution in [1.82, 2.24) is 5.32 Å². The quantitative estimate of drug-likeness (QED) is 0.648. The summed E-state index contributed by atoms with van der Waals surface area (Å²) in [6.07, 6.45) is 0.778. The summed E-state index contributed by atoms with van der Waals surface area (Å²) in [7, 11) is 1.35. The zero-order valence-corrected chi connectivity index (χ0v) is 9.29. The van der Waals surface area contributed by atoms with E-state index in [1.807, 2.05) is 13.8 Å². The van der Waals surface area contributed by atoms with E-state index < -0.39 is 0 Å². The van der Waals surface area contributed by atoms with Crippen LogP contribution < -0.4 is 5.32 Å². The van der Waals surface area contributed by atoms with Gasteiger partial charge in [-0.05, 0) is 13.3 Å². The lowest BCUT2D eigenvalue weighted by Crippen LogP contribution is -2.40. The van der Waals surface area contributed by atoms with Crippen LogP contribution in [-0.2, 0) is 14.3 Å². The average Bonchev–Trinajstić information content (AvgIpc) is 2.10. The van der Waals surface area contributed by atoms with Crippen molar-refractivity contribution in [3.63, 3.8) is 0 Å². The number of methoxy groups -OCH3 is 1. The summed E-state index contributed by atoms with van der Waals surface area (Å²) in [5.74, 6) is -0.218. The molecule has 1 N–H and O–H groups in total. The fourth-order valence-corrected chi connectivity index (χ4v) is 1.17. The first-order valence-electron chi connectivity index (χ1n) is 4.80. The molecule has 0 radical (unpaired) electrons. The monoisotopic (exact) mass is 201 g/mol. The van der Waals surface area contributed by atoms with Crippen LogP contribution in [0.2, 0.25) is 0 Å². The summed E-state index contributed by atoms with van der Waals surface area (Å²) in [6.45, 7) is 5.46. The minimum absolute atomic E-state index is 0.0580. The van der Waals surface area contributed by atoms with Gasteiger partial charge in [0, 0.05) is 12.5 Å². The van der Waals surface area contributed by atoms with Crippen LogP contribution in [0.1, 0.15) is 33.6 Å². The number of esters is 1. The number of hydrogen-bond donors (Lipinski definition) is 1. The molecule has 0 saturated carbocycles. The van der Waals surface area contributed by atoms with E-state index in [-0.39, 0.29) is 30.3 Å². The molecule has 1 atom stereocenters. The van der Waals surface area contributed by atoms with Crippen molar-refractivity contribution in [2.24, 2.45) is 0 Å². The number of hydrogen-bond acceptors (Lipinski definition) is 4. The Morgan fingerprint density at radius 3 is 2.29 bits per heavy atom. The zero-order valence-electron chi connectivity index (χ0n) is 9.29. The van der Waals surface area contributed by atoms with Crippen LogP contribution in [-0.4, -0.2) is 30.9 Å². The van der Waals surface area contributed by atoms with Gasteiger partial charge < -0.3 is 10.1 Å². The number of rotatable bonds is 6. The highest BCUT2D eigenvalue weighted by atomic mass is 16.5. The molecule has 0 aromatic heterocycles. The lowest BCUT2D eigenvalue weighted by atomic mass is 10.1. The minimum Gasteiger partial charge on any atom is -0.469 e. The molecule has 0 amide bonds. The third-order valence-corrected chi connectivity index (χ3v) is 1.89. The summed E-state index contributed by atoms with van der Waals surface area (Å²) >= 11 is 0. The lowest BCUT2D eigenvalue weighted by Gasteiger charge is -2.17. The van der Waals surface area contributed by atoms with Crippen LogP contribution in [0.4, 0.5) is 0 Å². The van der Waals surface area contributed by atoms with Crippen molar-refractivity contribution in [2.45, 2.75) is 45.7 Å². The number of Topliss-reactive ketones (excluding diaryl/α,β-unsaturated/α-hetero) is 1. The Morgan fingerprint density at radius 1 is 1.36 bits per heavy atom. The van der Waals surface area contributed by atoms with E-state index in [0.717, 1.165) is 0 Å². The van der Waals surface area contributed by atoms with Gasteiger partial charge in [0.25, 0.3) is 0 Å². The van der Waals surface area contributed by atoms with Crippen LogP contribution in [0, 0.1) is 0 Å². The van der Waals surface area contributed by atoms with Gasteiger partial charge >= 0.3 is 5.97 Å². The van der Waals surface area contributed by atoms with Gasteiger partial charge in [-0.3, -0.25) is 9.59 Å². The Morgan fingerprint density at radius 2 is 1.93 bits per heavy atom. The van der Waals surface area contributed by atoms with Crippen LogP contribution in [0.25, 0.3) is 0 Å². The van der Waals surface area contributed by atoms with Gasteiger partial charge in [-0.25, -0.2) is 0 Å². The molecule has 0 aliphatic carbocycles. The highest BCUT2D eigenvalue weighted by Gasteiger charge is 2.16. The molecule has 0 aromatic rings. The highest BCUT2D eigenvalue weighted by molar-refractivity contribution is 5.82. The number of ketones is 1. The fraction of sp³-hybridized carbons (Fsp3) is 0.800. The van der Waals surface area contributed by atoms with Crippen molar-refractivity contribution >= 4 is 11.8 Å². The molecule has 0 aliphatic heterocycles. The van der Waals surface area contributed by atoms with Gasteiger partial charge in [0.15, 0.2) is 0 Å². The zero-order chi connectivity index (χ0) is 11.1. The minimum atomic E-state index is -0.276. The normalized spacial score (nSPS) is 12.6. The smallest absolute Gasteiger partial charge is 0.305 e. The number of carbonyl (C=O) groups is 2. The predicted octanol–water partition coefficient (Wildman–Crippen LogP) is 0.895. The maximum absolute atomic E-state index is 11.2. The second-order valence-corrected chi connectivity index (χ2v) is 3.60. The average molecular weight is 201 g/mol. The number of carbonyl (C=O) groups excluding carboxylic acids is 2. The molecule has 1 unspecified atom stereocenters. The summed E-state index contributed by atoms with van der Waals surface area (Å²) in [6, 6.07) is -0.00403. The van der Waals surface area contributed by atoms with Crippen LogP contribution in [0.3, 0.4) is 0 Å². The SMILES string of the molecule is COC(=O)CCC(NC(C)C)C(C)=O. The number of nitrogens with one attached hydrogen (secondary N) is 1. The second-order valence-electron chi connectivity index (χ2n) is 3.60. The first-order valence-corrected chi connectivity index (χ1v) is 4.80. The van der Waals surface area contributed by atoms with E-state index in [2.05, 4.69) is 10.1 Å². The predicted molar refractivity (Wildman–Crippen MR) is 54.0 cm³/mol. The molecule has 0 aromatic carbocycles. The molecule has 0 aliphatic rings. The van der Waals surface area contributed by atoms with Gasteiger partial charge in [-0.1, -0.05) is 13.8 Å². The maximum atomic E-state index is 11.2. The molecule has 4 nitrogen and oxygen atoms in total. The van der Waals surface area contributed by atoms with Crippen molar-refractivity contribution in [3.05, 3.63) is 0 Å². The van der Waals surface area contributed by atoms with Crippen molar-refractivity contribution < 1.29 is 14.3 Å². The Bertz CT molecular complexity index is 202. The van der Waals surface area contributed by atoms with Gasteiger partial charge in [0.2, 0.25) is 0 Å². The molecule has 0 fully saturated rings. The van der Waals surface area contributed by atoms with Crippen LogP contribution in [0.15, 0.2) is 0 Å². The standard InChI is InChI=1S/C10H19NO3/c1-7(2)11-9(8(3)12)5-6-10(13)14-4/h7,9,11H,5-6H2,1-4H3. The third kappa shape index (κ3) is 5.70. The first-order chi connectivity index (χ1) is 6.47. The van der Waals surface area contributed by atoms with E-state index in [1.54, 1.807) is 0 Å². The van der Waals surface area contributed by atoms with Gasteiger partial charge in [0.1, 0.15) is 5.78 Å². The molecule has 82 valence electrons. The molecular weight excluding hydrogens is 182 g/mol. The van der Waals surface area contributed by atoms with Gasteiger partial charge in [-0.15, -0.1) is 0 Å². The lowest BCUT2D eigenvalue weighted by molar-refractivity contribution is -0.140. The van der Waals surface area contributed by atoms with Crippen LogP contribution in [0.5, 0.6) is 0 Å². The molecule has 0 heterocycles. The molecule has 0 spiro atoms. The summed E-state index contributed by atoms with van der Waals surface area (Å²) < 4.78 is 4.51.